The second kappa shape index (κ2) is 6.65. The van der Waals surface area contributed by atoms with E-state index in [1.54, 1.807) is 11.9 Å². The van der Waals surface area contributed by atoms with Crippen molar-refractivity contribution in [2.75, 3.05) is 20.2 Å². The number of nitrogens with one attached hydrogen (secondary N) is 1. The molecule has 0 fully saturated rings. The van der Waals surface area contributed by atoms with E-state index in [9.17, 15) is 4.79 Å². The van der Waals surface area contributed by atoms with E-state index in [-0.39, 0.29) is 18.4 Å². The third kappa shape index (κ3) is 3.78. The summed E-state index contributed by atoms with van der Waals surface area (Å²) >= 11 is 0. The van der Waals surface area contributed by atoms with Crippen molar-refractivity contribution in [1.82, 2.24) is 25.5 Å². The van der Waals surface area contributed by atoms with Crippen LogP contribution in [0.5, 0.6) is 5.75 Å². The number of tetrazole rings is 1. The first-order valence-corrected chi connectivity index (χ1v) is 6.32. The number of ether oxygens (including phenoxy) is 1. The van der Waals surface area contributed by atoms with Crippen molar-refractivity contribution in [2.24, 2.45) is 0 Å². The number of likely N-dealkylation sites (N-methyl/N-ethyl adjacent to an activating group) is 1. The lowest BCUT2D eigenvalue weighted by molar-refractivity contribution is -0.132. The molecule has 1 heterocycles. The Morgan fingerprint density at radius 1 is 1.40 bits per heavy atom. The average Bonchev–Trinajstić information content (AvgIpc) is 3.00. The molecule has 0 bridgehead atoms. The lowest BCUT2D eigenvalue weighted by Crippen LogP contribution is -2.34. The number of H-pyrrole nitrogens is 1. The van der Waals surface area contributed by atoms with Crippen LogP contribution in [0.15, 0.2) is 30.3 Å². The molecule has 0 radical (unpaired) electrons. The van der Waals surface area contributed by atoms with Gasteiger partial charge in [-0.05, 0) is 12.1 Å². The van der Waals surface area contributed by atoms with E-state index >= 15 is 0 Å². The minimum atomic E-state index is -0.0933. The topological polar surface area (TPSA) is 84.0 Å². The maximum atomic E-state index is 12.0. The molecule has 0 saturated carbocycles. The minimum absolute atomic E-state index is 0.0134. The Morgan fingerprint density at radius 2 is 2.15 bits per heavy atom. The first-order valence-electron chi connectivity index (χ1n) is 6.32. The summed E-state index contributed by atoms with van der Waals surface area (Å²) in [6.07, 6.45) is 0. The van der Waals surface area contributed by atoms with E-state index in [4.69, 9.17) is 4.74 Å². The lowest BCUT2D eigenvalue weighted by atomic mass is 10.1. The zero-order chi connectivity index (χ0) is 14.4. The predicted molar refractivity (Wildman–Crippen MR) is 72.2 cm³/mol. The summed E-state index contributed by atoms with van der Waals surface area (Å²) in [5, 5.41) is 13.7. The van der Waals surface area contributed by atoms with Gasteiger partial charge in [-0.25, -0.2) is 0 Å². The van der Waals surface area contributed by atoms with E-state index in [1.807, 2.05) is 37.3 Å². The number of para-hydroxylation sites is 1. The van der Waals surface area contributed by atoms with Crippen molar-refractivity contribution < 1.29 is 9.53 Å². The van der Waals surface area contributed by atoms with Gasteiger partial charge in [0.1, 0.15) is 5.75 Å². The van der Waals surface area contributed by atoms with Gasteiger partial charge in [0.2, 0.25) is 0 Å². The summed E-state index contributed by atoms with van der Waals surface area (Å²) in [5.41, 5.74) is 0. The molecule has 0 aliphatic carbocycles. The van der Waals surface area contributed by atoms with E-state index in [0.29, 0.717) is 18.1 Å². The molecule has 2 rings (SSSR count). The van der Waals surface area contributed by atoms with E-state index in [0.717, 1.165) is 0 Å². The number of benzene rings is 1. The number of aromatic nitrogens is 4. The molecule has 2 aromatic rings. The van der Waals surface area contributed by atoms with Crippen molar-refractivity contribution in [3.05, 3.63) is 36.2 Å². The van der Waals surface area contributed by atoms with Crippen LogP contribution in [0.25, 0.3) is 0 Å². The van der Waals surface area contributed by atoms with Crippen molar-refractivity contribution in [3.8, 4) is 5.75 Å². The Morgan fingerprint density at radius 3 is 2.80 bits per heavy atom. The fourth-order valence-electron chi connectivity index (χ4n) is 1.74. The molecule has 1 amide bonds. The van der Waals surface area contributed by atoms with Gasteiger partial charge in [-0.3, -0.25) is 4.79 Å². The Hall–Kier alpha value is -2.44. The number of carbonyl (C=O) groups is 1. The highest BCUT2D eigenvalue weighted by atomic mass is 16.5. The largest absolute Gasteiger partial charge is 0.484 e. The summed E-state index contributed by atoms with van der Waals surface area (Å²) in [6.45, 7) is 2.46. The van der Waals surface area contributed by atoms with Crippen LogP contribution in [0.3, 0.4) is 0 Å². The molecule has 0 aliphatic rings. The van der Waals surface area contributed by atoms with Crippen LogP contribution < -0.4 is 4.74 Å². The number of hydrogen-bond donors (Lipinski definition) is 1. The molecule has 1 unspecified atom stereocenters. The number of carbonyl (C=O) groups excluding carboxylic acids is 1. The Bertz CT molecular complexity index is 529. The number of hydrogen-bond acceptors (Lipinski definition) is 5. The quantitative estimate of drug-likeness (QED) is 0.844. The number of nitrogens with zero attached hydrogens (tertiary/aromatic N) is 4. The van der Waals surface area contributed by atoms with Crippen LogP contribution in [0.2, 0.25) is 0 Å². The van der Waals surface area contributed by atoms with Crippen LogP contribution in [0.1, 0.15) is 18.7 Å². The van der Waals surface area contributed by atoms with Gasteiger partial charge in [-0.2, -0.15) is 5.21 Å². The molecule has 7 heteroatoms. The normalized spacial score (nSPS) is 11.9. The zero-order valence-corrected chi connectivity index (χ0v) is 11.5. The van der Waals surface area contributed by atoms with Gasteiger partial charge in [0, 0.05) is 19.5 Å². The molecule has 20 heavy (non-hydrogen) atoms. The molecule has 1 atom stereocenters. The smallest absolute Gasteiger partial charge is 0.260 e. The highest BCUT2D eigenvalue weighted by molar-refractivity contribution is 5.77. The Kier molecular flexibility index (Phi) is 4.65. The zero-order valence-electron chi connectivity index (χ0n) is 11.5. The highest BCUT2D eigenvalue weighted by Gasteiger charge is 2.17. The fourth-order valence-corrected chi connectivity index (χ4v) is 1.74. The molecule has 7 nitrogen and oxygen atoms in total. The maximum absolute atomic E-state index is 12.0. The Labute approximate surface area is 116 Å². The monoisotopic (exact) mass is 275 g/mol. The number of amides is 1. The van der Waals surface area contributed by atoms with Gasteiger partial charge in [0.25, 0.3) is 5.91 Å². The molecule has 0 aliphatic heterocycles. The molecule has 0 saturated heterocycles. The van der Waals surface area contributed by atoms with Crippen LogP contribution in [-0.2, 0) is 4.79 Å². The summed E-state index contributed by atoms with van der Waals surface area (Å²) in [4.78, 5) is 13.6. The first-order chi connectivity index (χ1) is 9.66. The minimum Gasteiger partial charge on any atom is -0.484 e. The summed E-state index contributed by atoms with van der Waals surface area (Å²) in [5.74, 6) is 1.19. The van der Waals surface area contributed by atoms with Crippen LogP contribution in [0.4, 0.5) is 0 Å². The molecular formula is C13H17N5O2. The van der Waals surface area contributed by atoms with E-state index in [1.165, 1.54) is 0 Å². The van der Waals surface area contributed by atoms with E-state index in [2.05, 4.69) is 20.6 Å². The number of aromatic amines is 1. The van der Waals surface area contributed by atoms with Gasteiger partial charge in [-0.1, -0.05) is 30.3 Å². The Balaban J connectivity index is 1.80. The molecule has 1 aromatic heterocycles. The van der Waals surface area contributed by atoms with Crippen LogP contribution in [-0.4, -0.2) is 51.6 Å². The SMILES string of the molecule is CC(CN(C)C(=O)COc1ccccc1)c1nn[nH]n1. The highest BCUT2D eigenvalue weighted by Crippen LogP contribution is 2.11. The fraction of sp³-hybridized carbons (Fsp3) is 0.385. The third-order valence-electron chi connectivity index (χ3n) is 2.88. The summed E-state index contributed by atoms with van der Waals surface area (Å²) in [7, 11) is 1.73. The van der Waals surface area contributed by atoms with Crippen LogP contribution in [0, 0.1) is 0 Å². The van der Waals surface area contributed by atoms with Gasteiger partial charge >= 0.3 is 0 Å². The maximum Gasteiger partial charge on any atom is 0.260 e. The van der Waals surface area contributed by atoms with Crippen LogP contribution >= 0.6 is 0 Å². The van der Waals surface area contributed by atoms with Gasteiger partial charge < -0.3 is 9.64 Å². The second-order valence-electron chi connectivity index (χ2n) is 4.55. The van der Waals surface area contributed by atoms with Crippen molar-refractivity contribution in [3.63, 3.8) is 0 Å². The molecule has 1 aromatic carbocycles. The second-order valence-corrected chi connectivity index (χ2v) is 4.55. The van der Waals surface area contributed by atoms with Crippen molar-refractivity contribution in [1.29, 1.82) is 0 Å². The molecule has 0 spiro atoms. The standard InChI is InChI=1S/C13H17N5O2/c1-10(13-14-16-17-15-13)8-18(2)12(19)9-20-11-6-4-3-5-7-11/h3-7,10H,8-9H2,1-2H3,(H,14,15,16,17). The molecule has 1 N–H and O–H groups in total. The van der Waals surface area contributed by atoms with E-state index < -0.39 is 0 Å². The average molecular weight is 275 g/mol. The summed E-state index contributed by atoms with van der Waals surface area (Å²) in [6, 6.07) is 9.25. The predicted octanol–water partition coefficient (Wildman–Crippen LogP) is 0.841. The third-order valence-corrected chi connectivity index (χ3v) is 2.88. The van der Waals surface area contributed by atoms with Gasteiger partial charge in [0.05, 0.1) is 0 Å². The number of rotatable bonds is 6. The lowest BCUT2D eigenvalue weighted by Gasteiger charge is -2.20. The van der Waals surface area contributed by atoms with Crippen molar-refractivity contribution >= 4 is 5.91 Å². The molecule has 106 valence electrons. The van der Waals surface area contributed by atoms with Gasteiger partial charge in [0.15, 0.2) is 12.4 Å². The first kappa shape index (κ1) is 14.0. The molecular weight excluding hydrogens is 258 g/mol. The summed E-state index contributed by atoms with van der Waals surface area (Å²) < 4.78 is 5.42. The van der Waals surface area contributed by atoms with Crippen molar-refractivity contribution in [2.45, 2.75) is 12.8 Å². The van der Waals surface area contributed by atoms with Gasteiger partial charge in [-0.15, -0.1) is 10.2 Å².